The number of ether oxygens (including phenoxy) is 1. The van der Waals surface area contributed by atoms with E-state index in [2.05, 4.69) is 51.0 Å². The molecule has 0 amide bonds. The van der Waals surface area contributed by atoms with E-state index >= 15 is 0 Å². The Morgan fingerprint density at radius 1 is 1.40 bits per heavy atom. The van der Waals surface area contributed by atoms with E-state index in [1.165, 1.54) is 5.56 Å². The van der Waals surface area contributed by atoms with Crippen LogP contribution in [0.1, 0.15) is 46.6 Å². The second kappa shape index (κ2) is 5.82. The van der Waals surface area contributed by atoms with E-state index in [1.54, 1.807) is 0 Å². The SMILES string of the molecule is CCNC(Cc1cccnc1)C1CC(C)(C)OC1(C)C. The van der Waals surface area contributed by atoms with Crippen LogP contribution >= 0.6 is 0 Å². The minimum atomic E-state index is -0.0848. The second-order valence-electron chi connectivity index (χ2n) is 7.01. The van der Waals surface area contributed by atoms with Crippen molar-refractivity contribution in [3.63, 3.8) is 0 Å². The van der Waals surface area contributed by atoms with Crippen LogP contribution in [0.5, 0.6) is 0 Å². The standard InChI is InChI=1S/C17H28N2O/c1-6-19-15(10-13-8-7-9-18-12-13)14-11-16(2,3)20-17(14,4)5/h7-9,12,14-15,19H,6,10-11H2,1-5H3. The number of hydrogen-bond donors (Lipinski definition) is 1. The fourth-order valence-electron chi connectivity index (χ4n) is 3.62. The first kappa shape index (κ1) is 15.5. The Kier molecular flexibility index (Phi) is 4.50. The highest BCUT2D eigenvalue weighted by molar-refractivity contribution is 5.12. The molecule has 0 aromatic carbocycles. The molecule has 1 aliphatic heterocycles. The van der Waals surface area contributed by atoms with Gasteiger partial charge in [0.15, 0.2) is 0 Å². The minimum absolute atomic E-state index is 0.0310. The van der Waals surface area contributed by atoms with Gasteiger partial charge in [-0.25, -0.2) is 0 Å². The lowest BCUT2D eigenvalue weighted by Crippen LogP contribution is -2.45. The summed E-state index contributed by atoms with van der Waals surface area (Å²) in [4.78, 5) is 4.23. The first-order valence-corrected chi connectivity index (χ1v) is 7.66. The number of hydrogen-bond acceptors (Lipinski definition) is 3. The molecule has 2 rings (SSSR count). The fourth-order valence-corrected chi connectivity index (χ4v) is 3.62. The highest BCUT2D eigenvalue weighted by atomic mass is 16.5. The van der Waals surface area contributed by atoms with Crippen LogP contribution in [-0.4, -0.2) is 28.8 Å². The molecule has 1 aliphatic rings. The average Bonchev–Trinajstić information content (AvgIpc) is 2.58. The first-order valence-electron chi connectivity index (χ1n) is 7.66. The Labute approximate surface area is 123 Å². The molecule has 20 heavy (non-hydrogen) atoms. The molecule has 2 heterocycles. The van der Waals surface area contributed by atoms with Gasteiger partial charge in [0.25, 0.3) is 0 Å². The van der Waals surface area contributed by atoms with Gasteiger partial charge in [-0.1, -0.05) is 13.0 Å². The maximum Gasteiger partial charge on any atom is 0.0677 e. The average molecular weight is 276 g/mol. The Morgan fingerprint density at radius 3 is 2.65 bits per heavy atom. The highest BCUT2D eigenvalue weighted by Gasteiger charge is 2.48. The second-order valence-corrected chi connectivity index (χ2v) is 7.01. The summed E-state index contributed by atoms with van der Waals surface area (Å²) in [6.07, 6.45) is 5.91. The van der Waals surface area contributed by atoms with Gasteiger partial charge in [0.05, 0.1) is 11.2 Å². The van der Waals surface area contributed by atoms with E-state index in [9.17, 15) is 0 Å². The molecule has 2 atom stereocenters. The monoisotopic (exact) mass is 276 g/mol. The topological polar surface area (TPSA) is 34.2 Å². The smallest absolute Gasteiger partial charge is 0.0677 e. The molecule has 1 aromatic heterocycles. The third-order valence-electron chi connectivity index (χ3n) is 4.27. The van der Waals surface area contributed by atoms with E-state index in [0.29, 0.717) is 12.0 Å². The number of pyridine rings is 1. The van der Waals surface area contributed by atoms with Gasteiger partial charge < -0.3 is 10.1 Å². The van der Waals surface area contributed by atoms with E-state index in [-0.39, 0.29) is 11.2 Å². The van der Waals surface area contributed by atoms with E-state index in [0.717, 1.165) is 19.4 Å². The molecular weight excluding hydrogens is 248 g/mol. The van der Waals surface area contributed by atoms with Crippen LogP contribution in [0.15, 0.2) is 24.5 Å². The lowest BCUT2D eigenvalue weighted by atomic mass is 9.79. The van der Waals surface area contributed by atoms with Gasteiger partial charge in [0.1, 0.15) is 0 Å². The van der Waals surface area contributed by atoms with Crippen LogP contribution in [-0.2, 0) is 11.2 Å². The van der Waals surface area contributed by atoms with Gasteiger partial charge in [-0.15, -0.1) is 0 Å². The van der Waals surface area contributed by atoms with E-state index < -0.39 is 0 Å². The lowest BCUT2D eigenvalue weighted by Gasteiger charge is -2.33. The largest absolute Gasteiger partial charge is 0.369 e. The van der Waals surface area contributed by atoms with Crippen molar-refractivity contribution in [1.29, 1.82) is 0 Å². The summed E-state index contributed by atoms with van der Waals surface area (Å²) >= 11 is 0. The Balaban J connectivity index is 2.16. The number of likely N-dealkylation sites (N-methyl/N-ethyl adjacent to an activating group) is 1. The minimum Gasteiger partial charge on any atom is -0.369 e. The van der Waals surface area contributed by atoms with Gasteiger partial charge in [-0.2, -0.15) is 0 Å². The molecule has 112 valence electrons. The summed E-state index contributed by atoms with van der Waals surface area (Å²) in [5.41, 5.74) is 1.17. The molecule has 0 saturated carbocycles. The number of rotatable bonds is 5. The molecule has 1 N–H and O–H groups in total. The van der Waals surface area contributed by atoms with Crippen LogP contribution in [0, 0.1) is 5.92 Å². The summed E-state index contributed by atoms with van der Waals surface area (Å²) in [6.45, 7) is 12.0. The van der Waals surface area contributed by atoms with Crippen LogP contribution in [0.2, 0.25) is 0 Å². The van der Waals surface area contributed by atoms with Crippen molar-refractivity contribution >= 4 is 0 Å². The van der Waals surface area contributed by atoms with Gasteiger partial charge in [0.2, 0.25) is 0 Å². The molecule has 0 aliphatic carbocycles. The molecule has 0 spiro atoms. The Morgan fingerprint density at radius 2 is 2.15 bits per heavy atom. The van der Waals surface area contributed by atoms with Crippen molar-refractivity contribution in [3.05, 3.63) is 30.1 Å². The maximum absolute atomic E-state index is 6.26. The summed E-state index contributed by atoms with van der Waals surface area (Å²) in [5.74, 6) is 0.512. The van der Waals surface area contributed by atoms with E-state index in [1.807, 2.05) is 18.5 Å². The summed E-state index contributed by atoms with van der Waals surface area (Å²) in [6, 6.07) is 4.60. The van der Waals surface area contributed by atoms with Gasteiger partial charge in [0, 0.05) is 24.4 Å². The molecule has 1 saturated heterocycles. The zero-order chi connectivity index (χ0) is 14.8. The molecular formula is C17H28N2O. The van der Waals surface area contributed by atoms with Crippen molar-refractivity contribution < 1.29 is 4.74 Å². The molecule has 0 radical (unpaired) electrons. The fraction of sp³-hybridized carbons (Fsp3) is 0.706. The van der Waals surface area contributed by atoms with Crippen molar-refractivity contribution in [2.75, 3.05) is 6.54 Å². The van der Waals surface area contributed by atoms with Gasteiger partial charge in [-0.3, -0.25) is 4.98 Å². The van der Waals surface area contributed by atoms with Crippen LogP contribution in [0.3, 0.4) is 0 Å². The third-order valence-corrected chi connectivity index (χ3v) is 4.27. The third kappa shape index (κ3) is 3.58. The summed E-state index contributed by atoms with van der Waals surface area (Å²) in [7, 11) is 0. The van der Waals surface area contributed by atoms with Crippen LogP contribution in [0.25, 0.3) is 0 Å². The Bertz CT molecular complexity index is 428. The number of nitrogens with one attached hydrogen (secondary N) is 1. The van der Waals surface area contributed by atoms with Gasteiger partial charge >= 0.3 is 0 Å². The van der Waals surface area contributed by atoms with Crippen molar-refractivity contribution in [2.24, 2.45) is 5.92 Å². The Hall–Kier alpha value is -0.930. The van der Waals surface area contributed by atoms with Crippen molar-refractivity contribution in [1.82, 2.24) is 10.3 Å². The highest BCUT2D eigenvalue weighted by Crippen LogP contribution is 2.44. The van der Waals surface area contributed by atoms with Gasteiger partial charge in [-0.05, 0) is 58.7 Å². The molecule has 2 unspecified atom stereocenters. The quantitative estimate of drug-likeness (QED) is 0.897. The first-order chi connectivity index (χ1) is 9.34. The maximum atomic E-state index is 6.26. The number of nitrogens with zero attached hydrogens (tertiary/aromatic N) is 1. The molecule has 1 aromatic rings. The van der Waals surface area contributed by atoms with Crippen molar-refractivity contribution in [2.45, 2.75) is 64.7 Å². The molecule has 3 heteroatoms. The zero-order valence-electron chi connectivity index (χ0n) is 13.4. The number of aromatic nitrogens is 1. The van der Waals surface area contributed by atoms with Crippen molar-refractivity contribution in [3.8, 4) is 0 Å². The van der Waals surface area contributed by atoms with E-state index in [4.69, 9.17) is 4.74 Å². The predicted molar refractivity (Wildman–Crippen MR) is 82.8 cm³/mol. The summed E-state index contributed by atoms with van der Waals surface area (Å²) < 4.78 is 6.26. The van der Waals surface area contributed by atoms with Crippen LogP contribution in [0.4, 0.5) is 0 Å². The molecule has 1 fully saturated rings. The zero-order valence-corrected chi connectivity index (χ0v) is 13.4. The normalized spacial score (nSPS) is 25.6. The lowest BCUT2D eigenvalue weighted by molar-refractivity contribution is -0.0776. The van der Waals surface area contributed by atoms with Crippen LogP contribution < -0.4 is 5.32 Å². The predicted octanol–water partition coefficient (Wildman–Crippen LogP) is 3.20. The molecule has 3 nitrogen and oxygen atoms in total. The summed E-state index contributed by atoms with van der Waals surface area (Å²) in [5, 5.41) is 3.66. The molecule has 0 bridgehead atoms.